The number of sulfonamides is 1. The number of halogens is 1. The van der Waals surface area contributed by atoms with Gasteiger partial charge in [-0.05, 0) is 25.7 Å². The molecule has 1 aliphatic carbocycles. The minimum atomic E-state index is -4.31. The number of rotatable bonds is 10. The Balaban J connectivity index is 1.94. The van der Waals surface area contributed by atoms with Crippen LogP contribution in [0.15, 0.2) is 23.1 Å². The highest BCUT2D eigenvalue weighted by Gasteiger charge is 2.35. The van der Waals surface area contributed by atoms with Crippen molar-refractivity contribution in [2.24, 2.45) is 16.2 Å². The molecule has 2 aromatic heterocycles. The van der Waals surface area contributed by atoms with Crippen molar-refractivity contribution in [1.29, 1.82) is 0 Å². The standard InChI is InChI=1S/C21H29ClN8O6S/c1-11(13-6-7-13)18(31)28-29-21(27-15-19(35-4)25-10-26-20(15)36-5)30-37(32,33)12(2)16(34-3)17-23-8-14(22)9-24-17/h8-13,16H,6-7H2,1-5H3,(H,28,31)(H2,27,29,30)/t11-,12+,16+/m1/s1. The molecular formula is C21H29ClN8O6S. The van der Waals surface area contributed by atoms with Crippen molar-refractivity contribution in [2.75, 3.05) is 26.6 Å². The van der Waals surface area contributed by atoms with E-state index < -0.39 is 21.4 Å². The molecule has 2 aromatic rings. The second-order valence-corrected chi connectivity index (χ2v) is 10.6. The van der Waals surface area contributed by atoms with E-state index in [4.69, 9.17) is 25.8 Å². The van der Waals surface area contributed by atoms with Crippen LogP contribution in [0.4, 0.5) is 5.69 Å². The molecular weight excluding hydrogens is 528 g/mol. The van der Waals surface area contributed by atoms with Gasteiger partial charge in [-0.25, -0.2) is 18.4 Å². The number of ether oxygens (including phenoxy) is 3. The van der Waals surface area contributed by atoms with E-state index in [-0.39, 0.29) is 52.0 Å². The highest BCUT2D eigenvalue weighted by Crippen LogP contribution is 2.36. The van der Waals surface area contributed by atoms with Gasteiger partial charge in [0.25, 0.3) is 10.0 Å². The van der Waals surface area contributed by atoms with Crippen LogP contribution < -0.4 is 25.6 Å². The van der Waals surface area contributed by atoms with E-state index in [1.807, 2.05) is 0 Å². The number of nitrogens with zero attached hydrogens (tertiary/aromatic N) is 5. The molecule has 0 aliphatic heterocycles. The summed E-state index contributed by atoms with van der Waals surface area (Å²) in [7, 11) is -0.253. The molecule has 0 unspecified atom stereocenters. The van der Waals surface area contributed by atoms with Crippen LogP contribution in [0.2, 0.25) is 5.02 Å². The number of hydrazine groups is 1. The summed E-state index contributed by atoms with van der Waals surface area (Å²) in [5.41, 5.74) is 5.13. The fraction of sp³-hybridized carbons (Fsp3) is 0.524. The van der Waals surface area contributed by atoms with E-state index in [2.05, 4.69) is 40.5 Å². The molecule has 3 atom stereocenters. The first-order valence-corrected chi connectivity index (χ1v) is 13.1. The van der Waals surface area contributed by atoms with Crippen molar-refractivity contribution in [2.45, 2.75) is 38.0 Å². The summed E-state index contributed by atoms with van der Waals surface area (Å²) in [5, 5.41) is 1.80. The molecule has 1 amide bonds. The summed E-state index contributed by atoms with van der Waals surface area (Å²) in [6, 6.07) is 0. The van der Waals surface area contributed by atoms with E-state index in [1.54, 1.807) is 6.92 Å². The normalized spacial score (nSPS) is 16.3. The summed E-state index contributed by atoms with van der Waals surface area (Å²) < 4.78 is 46.4. The Labute approximate surface area is 219 Å². The fourth-order valence-electron chi connectivity index (χ4n) is 3.35. The number of nitrogens with one attached hydrogen (secondary N) is 3. The Morgan fingerprint density at radius 2 is 1.65 bits per heavy atom. The molecule has 3 rings (SSSR count). The zero-order valence-corrected chi connectivity index (χ0v) is 22.5. The van der Waals surface area contributed by atoms with Crippen LogP contribution in [0.5, 0.6) is 11.8 Å². The Morgan fingerprint density at radius 3 is 2.16 bits per heavy atom. The Kier molecular flexibility index (Phi) is 9.39. The Hall–Kier alpha value is -3.30. The van der Waals surface area contributed by atoms with Gasteiger partial charge in [-0.2, -0.15) is 9.97 Å². The van der Waals surface area contributed by atoms with E-state index in [0.29, 0.717) is 0 Å². The van der Waals surface area contributed by atoms with Gasteiger partial charge >= 0.3 is 0 Å². The van der Waals surface area contributed by atoms with Crippen LogP contribution in [0.25, 0.3) is 0 Å². The summed E-state index contributed by atoms with van der Waals surface area (Å²) in [4.78, 5) is 28.7. The van der Waals surface area contributed by atoms with Crippen molar-refractivity contribution in [3.05, 3.63) is 29.6 Å². The molecule has 1 saturated carbocycles. The third kappa shape index (κ3) is 7.14. The van der Waals surface area contributed by atoms with Crippen LogP contribution in [0.1, 0.15) is 38.6 Å². The van der Waals surface area contributed by atoms with Crippen molar-refractivity contribution in [3.63, 3.8) is 0 Å². The predicted molar refractivity (Wildman–Crippen MR) is 135 cm³/mol. The van der Waals surface area contributed by atoms with Crippen molar-refractivity contribution >= 4 is 39.2 Å². The van der Waals surface area contributed by atoms with E-state index in [9.17, 15) is 13.2 Å². The maximum absolute atomic E-state index is 13.3. The number of hydrogen-bond donors (Lipinski definition) is 3. The molecule has 0 radical (unpaired) electrons. The second kappa shape index (κ2) is 12.3. The molecule has 14 nitrogen and oxygen atoms in total. The largest absolute Gasteiger partial charge is 0.479 e. The van der Waals surface area contributed by atoms with Crippen LogP contribution in [0.3, 0.4) is 0 Å². The summed E-state index contributed by atoms with van der Waals surface area (Å²) >= 11 is 5.84. The van der Waals surface area contributed by atoms with E-state index in [0.717, 1.165) is 12.8 Å². The summed E-state index contributed by atoms with van der Waals surface area (Å²) in [5.74, 6) is -0.470. The van der Waals surface area contributed by atoms with Crippen LogP contribution in [0, 0.1) is 11.8 Å². The molecule has 16 heteroatoms. The first kappa shape index (κ1) is 28.3. The van der Waals surface area contributed by atoms with E-state index in [1.165, 1.54) is 47.0 Å². The lowest BCUT2D eigenvalue weighted by molar-refractivity contribution is -0.125. The van der Waals surface area contributed by atoms with E-state index >= 15 is 0 Å². The number of carbonyl (C=O) groups excluding carboxylic acids is 1. The average Bonchev–Trinajstić information content (AvgIpc) is 3.73. The molecule has 0 bridgehead atoms. The zero-order chi connectivity index (χ0) is 27.2. The Bertz CT molecular complexity index is 1200. The van der Waals surface area contributed by atoms with Gasteiger partial charge in [0.2, 0.25) is 23.6 Å². The summed E-state index contributed by atoms with van der Waals surface area (Å²) in [6.07, 6.45) is 4.72. The summed E-state index contributed by atoms with van der Waals surface area (Å²) in [6.45, 7) is 3.19. The second-order valence-electron chi connectivity index (χ2n) is 8.21. The number of hydrogen-bond acceptors (Lipinski definition) is 10. The smallest absolute Gasteiger partial charge is 0.262 e. The maximum atomic E-state index is 13.3. The van der Waals surface area contributed by atoms with Gasteiger partial charge in [0.1, 0.15) is 17.7 Å². The zero-order valence-electron chi connectivity index (χ0n) is 20.9. The minimum Gasteiger partial charge on any atom is -0.479 e. The number of anilines is 1. The van der Waals surface area contributed by atoms with Gasteiger partial charge in [-0.1, -0.05) is 18.5 Å². The molecule has 3 N–H and O–H groups in total. The number of guanidine groups is 1. The molecule has 1 aliphatic rings. The van der Waals surface area contributed by atoms with Gasteiger partial charge in [0, 0.05) is 25.4 Å². The SMILES string of the molecule is COc1ncnc(OC)c1NC(=NS(=O)(=O)[C@@H](C)[C@H](OC)c1ncc(Cl)cn1)NNC(=O)[C@H](C)C1CC1. The molecule has 202 valence electrons. The third-order valence-electron chi connectivity index (χ3n) is 5.72. The number of aromatic nitrogens is 4. The fourth-order valence-corrected chi connectivity index (χ4v) is 4.51. The molecule has 0 aromatic carbocycles. The lowest BCUT2D eigenvalue weighted by Crippen LogP contribution is -2.48. The van der Waals surface area contributed by atoms with Crippen LogP contribution in [-0.4, -0.2) is 66.8 Å². The Morgan fingerprint density at radius 1 is 1.05 bits per heavy atom. The number of amides is 1. The predicted octanol–water partition coefficient (Wildman–Crippen LogP) is 1.48. The van der Waals surface area contributed by atoms with Gasteiger partial charge < -0.3 is 19.5 Å². The third-order valence-corrected chi connectivity index (χ3v) is 7.54. The van der Waals surface area contributed by atoms with Gasteiger partial charge in [-0.15, -0.1) is 4.40 Å². The number of carbonyl (C=O) groups is 1. The topological polar surface area (TPSA) is 179 Å². The van der Waals surface area contributed by atoms with Crippen LogP contribution >= 0.6 is 11.6 Å². The first-order valence-electron chi connectivity index (χ1n) is 11.2. The molecule has 0 spiro atoms. The average molecular weight is 557 g/mol. The monoisotopic (exact) mass is 556 g/mol. The maximum Gasteiger partial charge on any atom is 0.262 e. The number of methoxy groups -OCH3 is 3. The molecule has 0 saturated heterocycles. The molecule has 1 fully saturated rings. The highest BCUT2D eigenvalue weighted by molar-refractivity contribution is 7.90. The lowest BCUT2D eigenvalue weighted by atomic mass is 10.1. The van der Waals surface area contributed by atoms with Gasteiger partial charge in [0.15, 0.2) is 11.5 Å². The van der Waals surface area contributed by atoms with Gasteiger partial charge in [-0.3, -0.25) is 15.6 Å². The minimum absolute atomic E-state index is 0.0498. The lowest BCUT2D eigenvalue weighted by Gasteiger charge is -2.21. The first-order chi connectivity index (χ1) is 17.6. The molecule has 2 heterocycles. The van der Waals surface area contributed by atoms with Crippen molar-refractivity contribution in [1.82, 2.24) is 30.8 Å². The van der Waals surface area contributed by atoms with Crippen LogP contribution in [-0.2, 0) is 19.6 Å². The van der Waals surface area contributed by atoms with Crippen molar-refractivity contribution in [3.8, 4) is 11.8 Å². The highest BCUT2D eigenvalue weighted by atomic mass is 35.5. The molecule has 37 heavy (non-hydrogen) atoms. The van der Waals surface area contributed by atoms with Gasteiger partial charge in [0.05, 0.1) is 19.2 Å². The quantitative estimate of drug-likeness (QED) is 0.218. The van der Waals surface area contributed by atoms with Crippen molar-refractivity contribution < 1.29 is 27.4 Å².